The quantitative estimate of drug-likeness (QED) is 0.531. The van der Waals surface area contributed by atoms with E-state index in [4.69, 9.17) is 32.7 Å². The second-order valence-corrected chi connectivity index (χ2v) is 8.13. The molecule has 1 aliphatic rings. The molecule has 1 saturated carbocycles. The Hall–Kier alpha value is -1.98. The van der Waals surface area contributed by atoms with Crippen LogP contribution in [-0.4, -0.2) is 29.6 Å². The summed E-state index contributed by atoms with van der Waals surface area (Å²) < 4.78 is 11.6. The van der Waals surface area contributed by atoms with E-state index in [0.717, 1.165) is 44.3 Å². The lowest BCUT2D eigenvalue weighted by Gasteiger charge is -2.29. The largest absolute Gasteiger partial charge is 0.494 e. The highest BCUT2D eigenvalue weighted by Gasteiger charge is 2.23. The zero-order valence-electron chi connectivity index (χ0n) is 16.3. The van der Waals surface area contributed by atoms with Gasteiger partial charge >= 0.3 is 0 Å². The number of carbonyl (C=O) groups is 1. The minimum Gasteiger partial charge on any atom is -0.494 e. The van der Waals surface area contributed by atoms with Gasteiger partial charge in [0.25, 0.3) is 0 Å². The number of amides is 1. The predicted octanol–water partition coefficient (Wildman–Crippen LogP) is 5.44. The fraction of sp³-hybridized carbons (Fsp3) is 0.455. The van der Waals surface area contributed by atoms with Crippen molar-refractivity contribution in [3.05, 3.63) is 52.8 Å². The number of ether oxygens (including phenoxy) is 2. The Morgan fingerprint density at radius 2 is 1.76 bits per heavy atom. The van der Waals surface area contributed by atoms with Crippen molar-refractivity contribution >= 4 is 29.1 Å². The minimum atomic E-state index is 0.111. The third-order valence-electron chi connectivity index (χ3n) is 4.90. The fourth-order valence-electron chi connectivity index (χ4n) is 3.38. The van der Waals surface area contributed by atoms with Crippen molar-refractivity contribution in [2.45, 2.75) is 57.1 Å². The Morgan fingerprint density at radius 1 is 1.00 bits per heavy atom. The molecule has 2 aromatic rings. The molecule has 0 unspecified atom stereocenters. The summed E-state index contributed by atoms with van der Waals surface area (Å²) in [6.45, 7) is 0.593. The molecule has 1 aromatic heterocycles. The molecule has 1 amide bonds. The summed E-state index contributed by atoms with van der Waals surface area (Å²) in [7, 11) is 0. The summed E-state index contributed by atoms with van der Waals surface area (Å²) in [5, 5.41) is 4.41. The number of benzene rings is 1. The number of hydrogen-bond donors (Lipinski definition) is 1. The molecule has 1 heterocycles. The van der Waals surface area contributed by atoms with E-state index in [0.29, 0.717) is 28.8 Å². The van der Waals surface area contributed by atoms with Crippen LogP contribution in [-0.2, 0) is 4.79 Å². The molecular weight excluding hydrogens is 411 g/mol. The van der Waals surface area contributed by atoms with Crippen LogP contribution in [0.25, 0.3) is 0 Å². The van der Waals surface area contributed by atoms with Crippen LogP contribution >= 0.6 is 23.2 Å². The molecule has 7 heteroatoms. The van der Waals surface area contributed by atoms with E-state index >= 15 is 0 Å². The molecule has 0 spiro atoms. The van der Waals surface area contributed by atoms with Crippen LogP contribution in [0, 0.1) is 0 Å². The topological polar surface area (TPSA) is 60.5 Å². The standard InChI is InChI=1S/C22H26Cl2N2O3/c23-16-4-8-19(9-5-16)28-12-2-1-3-22(27)26-18-6-10-20(11-7-18)29-21-13-17(24)14-25-15-21/h4-5,8-9,13-15,18,20H,1-3,6-7,10-12H2,(H,26,27)/t18-,20-. The van der Waals surface area contributed by atoms with Gasteiger partial charge in [0, 0.05) is 29.7 Å². The first-order chi connectivity index (χ1) is 14.1. The van der Waals surface area contributed by atoms with Crippen LogP contribution in [0.5, 0.6) is 11.5 Å². The second kappa shape index (κ2) is 11.3. The highest BCUT2D eigenvalue weighted by atomic mass is 35.5. The van der Waals surface area contributed by atoms with Gasteiger partial charge in [0.1, 0.15) is 11.5 Å². The van der Waals surface area contributed by atoms with Crippen LogP contribution in [0.3, 0.4) is 0 Å². The molecule has 0 aliphatic heterocycles. The monoisotopic (exact) mass is 436 g/mol. The predicted molar refractivity (Wildman–Crippen MR) is 115 cm³/mol. The zero-order valence-corrected chi connectivity index (χ0v) is 17.8. The first-order valence-corrected chi connectivity index (χ1v) is 10.8. The van der Waals surface area contributed by atoms with Gasteiger partial charge in [-0.2, -0.15) is 0 Å². The highest BCUT2D eigenvalue weighted by molar-refractivity contribution is 6.30. The van der Waals surface area contributed by atoms with Gasteiger partial charge in [0.2, 0.25) is 5.91 Å². The van der Waals surface area contributed by atoms with Crippen molar-refractivity contribution in [2.75, 3.05) is 6.61 Å². The van der Waals surface area contributed by atoms with Gasteiger partial charge in [0.05, 0.1) is 23.9 Å². The van der Waals surface area contributed by atoms with Crippen molar-refractivity contribution in [3.63, 3.8) is 0 Å². The van der Waals surface area contributed by atoms with Gasteiger partial charge in [-0.15, -0.1) is 0 Å². The van der Waals surface area contributed by atoms with Gasteiger partial charge in [-0.05, 0) is 62.8 Å². The molecule has 1 fully saturated rings. The number of unbranched alkanes of at least 4 members (excludes halogenated alkanes) is 1. The molecule has 0 bridgehead atoms. The number of rotatable bonds is 9. The molecule has 0 radical (unpaired) electrons. The summed E-state index contributed by atoms with van der Waals surface area (Å²) in [4.78, 5) is 16.2. The van der Waals surface area contributed by atoms with Gasteiger partial charge in [0.15, 0.2) is 0 Å². The molecule has 1 aliphatic carbocycles. The maximum Gasteiger partial charge on any atom is 0.220 e. The Labute approximate surface area is 181 Å². The van der Waals surface area contributed by atoms with Crippen LogP contribution in [0.4, 0.5) is 0 Å². The Morgan fingerprint density at radius 3 is 2.48 bits per heavy atom. The molecule has 156 valence electrons. The Kier molecular flexibility index (Phi) is 8.44. The first kappa shape index (κ1) is 21.7. The van der Waals surface area contributed by atoms with Crippen LogP contribution < -0.4 is 14.8 Å². The number of halogens is 2. The van der Waals surface area contributed by atoms with Crippen LogP contribution in [0.15, 0.2) is 42.7 Å². The summed E-state index contributed by atoms with van der Waals surface area (Å²) in [6.07, 6.45) is 9.24. The summed E-state index contributed by atoms with van der Waals surface area (Å²) in [5.74, 6) is 1.61. The lowest BCUT2D eigenvalue weighted by molar-refractivity contribution is -0.122. The lowest BCUT2D eigenvalue weighted by Crippen LogP contribution is -2.39. The average Bonchev–Trinajstić information content (AvgIpc) is 2.71. The van der Waals surface area contributed by atoms with Crippen molar-refractivity contribution < 1.29 is 14.3 Å². The van der Waals surface area contributed by atoms with E-state index in [-0.39, 0.29) is 18.1 Å². The first-order valence-electron chi connectivity index (χ1n) is 10.0. The van der Waals surface area contributed by atoms with Crippen LogP contribution in [0.2, 0.25) is 10.0 Å². The van der Waals surface area contributed by atoms with E-state index in [1.807, 2.05) is 12.1 Å². The summed E-state index contributed by atoms with van der Waals surface area (Å²) in [6, 6.07) is 9.30. The lowest BCUT2D eigenvalue weighted by atomic mass is 9.92. The van der Waals surface area contributed by atoms with Gasteiger partial charge < -0.3 is 14.8 Å². The number of aromatic nitrogens is 1. The van der Waals surface area contributed by atoms with Gasteiger partial charge in [-0.1, -0.05) is 23.2 Å². The fourth-order valence-corrected chi connectivity index (χ4v) is 3.67. The highest BCUT2D eigenvalue weighted by Crippen LogP contribution is 2.25. The van der Waals surface area contributed by atoms with E-state index in [2.05, 4.69) is 10.3 Å². The van der Waals surface area contributed by atoms with E-state index in [1.54, 1.807) is 30.6 Å². The normalized spacial score (nSPS) is 18.8. The number of nitrogens with zero attached hydrogens (tertiary/aromatic N) is 1. The third kappa shape index (κ3) is 7.75. The number of hydrogen-bond acceptors (Lipinski definition) is 4. The Balaban J connectivity index is 1.26. The minimum absolute atomic E-state index is 0.111. The maximum atomic E-state index is 12.2. The number of carbonyl (C=O) groups excluding carboxylic acids is 1. The molecule has 0 atom stereocenters. The third-order valence-corrected chi connectivity index (χ3v) is 5.36. The van der Waals surface area contributed by atoms with Gasteiger partial charge in [-0.25, -0.2) is 0 Å². The SMILES string of the molecule is O=C(CCCCOc1ccc(Cl)cc1)N[C@H]1CC[C@H](Oc2cncc(Cl)c2)CC1. The van der Waals surface area contributed by atoms with Crippen LogP contribution in [0.1, 0.15) is 44.9 Å². The molecule has 5 nitrogen and oxygen atoms in total. The molecule has 1 aromatic carbocycles. The van der Waals surface area contributed by atoms with Crippen molar-refractivity contribution in [2.24, 2.45) is 0 Å². The number of nitrogens with one attached hydrogen (secondary N) is 1. The van der Waals surface area contributed by atoms with Crippen molar-refractivity contribution in [1.29, 1.82) is 0 Å². The molecule has 29 heavy (non-hydrogen) atoms. The summed E-state index contributed by atoms with van der Waals surface area (Å²) in [5.41, 5.74) is 0. The van der Waals surface area contributed by atoms with Crippen molar-refractivity contribution in [1.82, 2.24) is 10.3 Å². The van der Waals surface area contributed by atoms with E-state index in [1.165, 1.54) is 0 Å². The second-order valence-electron chi connectivity index (χ2n) is 7.26. The molecular formula is C22H26Cl2N2O3. The maximum absolute atomic E-state index is 12.2. The van der Waals surface area contributed by atoms with Crippen molar-refractivity contribution in [3.8, 4) is 11.5 Å². The van der Waals surface area contributed by atoms with E-state index in [9.17, 15) is 4.79 Å². The zero-order chi connectivity index (χ0) is 20.5. The average molecular weight is 437 g/mol. The van der Waals surface area contributed by atoms with Gasteiger partial charge in [-0.3, -0.25) is 9.78 Å². The molecule has 1 N–H and O–H groups in total. The smallest absolute Gasteiger partial charge is 0.220 e. The number of pyridine rings is 1. The Bertz CT molecular complexity index is 778. The molecule has 3 rings (SSSR count). The van der Waals surface area contributed by atoms with E-state index < -0.39 is 0 Å². The summed E-state index contributed by atoms with van der Waals surface area (Å²) >= 11 is 11.8. The molecule has 0 saturated heterocycles.